The highest BCUT2D eigenvalue weighted by Gasteiger charge is 2.37. The number of likely N-dealkylation sites (N-methyl/N-ethyl adjacent to an activating group) is 1. The highest BCUT2D eigenvalue weighted by molar-refractivity contribution is 5.78. The standard InChI is InChI=1S/C17H28N2O3/c1-4-7-17(13-20)8-9-19(12-17)11-16(21)18(3)10-15-6-5-14(2)22-15/h5-6,20H,4,7-13H2,1-3H3. The Morgan fingerprint density at radius 2 is 2.27 bits per heavy atom. The van der Waals surface area contributed by atoms with Crippen molar-refractivity contribution in [2.45, 2.75) is 39.7 Å². The highest BCUT2D eigenvalue weighted by atomic mass is 16.3. The summed E-state index contributed by atoms with van der Waals surface area (Å²) in [6.45, 7) is 6.88. The third-order valence-electron chi connectivity index (χ3n) is 4.61. The number of furan rings is 1. The van der Waals surface area contributed by atoms with Gasteiger partial charge in [0.1, 0.15) is 11.5 Å². The molecule has 0 aliphatic carbocycles. The monoisotopic (exact) mass is 308 g/mol. The summed E-state index contributed by atoms with van der Waals surface area (Å²) in [5, 5.41) is 9.67. The van der Waals surface area contributed by atoms with Gasteiger partial charge in [-0.15, -0.1) is 0 Å². The molecule has 1 aliphatic rings. The summed E-state index contributed by atoms with van der Waals surface area (Å²) in [5.74, 6) is 1.77. The van der Waals surface area contributed by atoms with Gasteiger partial charge in [-0.25, -0.2) is 0 Å². The van der Waals surface area contributed by atoms with E-state index in [9.17, 15) is 9.90 Å². The van der Waals surface area contributed by atoms with Crippen LogP contribution in [0.4, 0.5) is 0 Å². The van der Waals surface area contributed by atoms with Gasteiger partial charge in [-0.05, 0) is 38.4 Å². The van der Waals surface area contributed by atoms with E-state index in [-0.39, 0.29) is 17.9 Å². The molecule has 0 spiro atoms. The van der Waals surface area contributed by atoms with Gasteiger partial charge in [0, 0.05) is 25.6 Å². The number of likely N-dealkylation sites (tertiary alicyclic amines) is 1. The molecule has 5 heteroatoms. The predicted molar refractivity (Wildman–Crippen MR) is 85.4 cm³/mol. The van der Waals surface area contributed by atoms with Gasteiger partial charge in [-0.2, -0.15) is 0 Å². The molecule has 1 atom stereocenters. The molecule has 1 N–H and O–H groups in total. The Morgan fingerprint density at radius 1 is 1.50 bits per heavy atom. The molecule has 22 heavy (non-hydrogen) atoms. The number of hydrogen-bond acceptors (Lipinski definition) is 4. The Kier molecular flexibility index (Phi) is 5.64. The van der Waals surface area contributed by atoms with E-state index in [4.69, 9.17) is 4.42 Å². The summed E-state index contributed by atoms with van der Waals surface area (Å²) < 4.78 is 5.52. The van der Waals surface area contributed by atoms with Gasteiger partial charge in [0.05, 0.1) is 13.1 Å². The quantitative estimate of drug-likeness (QED) is 0.837. The number of carbonyl (C=O) groups excluding carboxylic acids is 1. The molecular formula is C17H28N2O3. The number of rotatable bonds is 7. The molecule has 0 aromatic carbocycles. The van der Waals surface area contributed by atoms with Crippen LogP contribution in [0.25, 0.3) is 0 Å². The minimum atomic E-state index is -0.00821. The summed E-state index contributed by atoms with van der Waals surface area (Å²) in [7, 11) is 1.81. The Bertz CT molecular complexity index is 500. The van der Waals surface area contributed by atoms with Gasteiger partial charge >= 0.3 is 0 Å². The Morgan fingerprint density at radius 3 is 2.86 bits per heavy atom. The van der Waals surface area contributed by atoms with Crippen molar-refractivity contribution in [2.24, 2.45) is 5.41 Å². The Balaban J connectivity index is 1.84. The van der Waals surface area contributed by atoms with E-state index in [0.717, 1.165) is 43.9 Å². The number of aliphatic hydroxyl groups is 1. The molecule has 1 aliphatic heterocycles. The van der Waals surface area contributed by atoms with E-state index < -0.39 is 0 Å². The van der Waals surface area contributed by atoms with Gasteiger partial charge in [0.15, 0.2) is 0 Å². The first kappa shape index (κ1) is 17.0. The molecule has 0 radical (unpaired) electrons. The van der Waals surface area contributed by atoms with Crippen molar-refractivity contribution in [3.05, 3.63) is 23.7 Å². The fraction of sp³-hybridized carbons (Fsp3) is 0.706. The van der Waals surface area contributed by atoms with E-state index in [1.807, 2.05) is 26.1 Å². The summed E-state index contributed by atoms with van der Waals surface area (Å²) in [6.07, 6.45) is 3.07. The summed E-state index contributed by atoms with van der Waals surface area (Å²) >= 11 is 0. The number of amides is 1. The predicted octanol–water partition coefficient (Wildman–Crippen LogP) is 2.03. The maximum absolute atomic E-state index is 12.3. The SMILES string of the molecule is CCCC1(CO)CCN(CC(=O)N(C)Cc2ccc(C)o2)C1. The second kappa shape index (κ2) is 7.29. The lowest BCUT2D eigenvalue weighted by Crippen LogP contribution is -2.38. The third-order valence-corrected chi connectivity index (χ3v) is 4.61. The van der Waals surface area contributed by atoms with Gasteiger partial charge in [-0.1, -0.05) is 13.3 Å². The summed E-state index contributed by atoms with van der Waals surface area (Å²) in [4.78, 5) is 16.2. The molecule has 1 aromatic rings. The Labute approximate surface area is 132 Å². The maximum Gasteiger partial charge on any atom is 0.236 e. The third kappa shape index (κ3) is 4.11. The molecule has 1 amide bonds. The minimum absolute atomic E-state index is 0.00821. The van der Waals surface area contributed by atoms with E-state index >= 15 is 0 Å². The highest BCUT2D eigenvalue weighted by Crippen LogP contribution is 2.34. The maximum atomic E-state index is 12.3. The first-order valence-corrected chi connectivity index (χ1v) is 8.10. The van der Waals surface area contributed by atoms with Crippen LogP contribution in [-0.2, 0) is 11.3 Å². The second-order valence-electron chi connectivity index (χ2n) is 6.63. The van der Waals surface area contributed by atoms with Crippen LogP contribution in [0.1, 0.15) is 37.7 Å². The molecule has 124 valence electrons. The van der Waals surface area contributed by atoms with E-state index in [1.54, 1.807) is 4.90 Å². The minimum Gasteiger partial charge on any atom is -0.464 e. The number of hydrogen-bond donors (Lipinski definition) is 1. The Hall–Kier alpha value is -1.33. The summed E-state index contributed by atoms with van der Waals surface area (Å²) in [6, 6.07) is 3.82. The van der Waals surface area contributed by atoms with Crippen LogP contribution in [0.2, 0.25) is 0 Å². The van der Waals surface area contributed by atoms with Gasteiger partial charge in [0.25, 0.3) is 0 Å². The average molecular weight is 308 g/mol. The van der Waals surface area contributed by atoms with Crippen molar-refractivity contribution in [3.63, 3.8) is 0 Å². The van der Waals surface area contributed by atoms with Crippen LogP contribution in [-0.4, -0.2) is 54.1 Å². The molecule has 1 unspecified atom stereocenters. The molecule has 2 heterocycles. The van der Waals surface area contributed by atoms with Crippen LogP contribution >= 0.6 is 0 Å². The van der Waals surface area contributed by atoms with Gasteiger partial charge < -0.3 is 14.4 Å². The number of aliphatic hydroxyl groups excluding tert-OH is 1. The first-order chi connectivity index (χ1) is 10.5. The molecular weight excluding hydrogens is 280 g/mol. The largest absolute Gasteiger partial charge is 0.464 e. The summed E-state index contributed by atoms with van der Waals surface area (Å²) in [5.41, 5.74) is -0.00821. The van der Waals surface area contributed by atoms with E-state index in [2.05, 4.69) is 11.8 Å². The fourth-order valence-electron chi connectivity index (χ4n) is 3.31. The van der Waals surface area contributed by atoms with Crippen molar-refractivity contribution in [3.8, 4) is 0 Å². The average Bonchev–Trinajstić information content (AvgIpc) is 3.07. The number of carbonyl (C=O) groups is 1. The zero-order valence-electron chi connectivity index (χ0n) is 14.0. The first-order valence-electron chi connectivity index (χ1n) is 8.10. The molecule has 2 rings (SSSR count). The fourth-order valence-corrected chi connectivity index (χ4v) is 3.31. The van der Waals surface area contributed by atoms with Crippen LogP contribution < -0.4 is 0 Å². The van der Waals surface area contributed by atoms with Crippen LogP contribution in [0.5, 0.6) is 0 Å². The molecule has 0 saturated carbocycles. The number of aryl methyl sites for hydroxylation is 1. The van der Waals surface area contributed by atoms with E-state index in [1.165, 1.54) is 0 Å². The normalized spacial score (nSPS) is 22.2. The topological polar surface area (TPSA) is 56.9 Å². The van der Waals surface area contributed by atoms with E-state index in [0.29, 0.717) is 13.1 Å². The molecule has 1 aromatic heterocycles. The van der Waals surface area contributed by atoms with Crippen LogP contribution in [0.15, 0.2) is 16.5 Å². The zero-order chi connectivity index (χ0) is 16.2. The van der Waals surface area contributed by atoms with Gasteiger partial charge in [-0.3, -0.25) is 9.69 Å². The lowest BCUT2D eigenvalue weighted by Gasteiger charge is -2.27. The van der Waals surface area contributed by atoms with Crippen molar-refractivity contribution in [2.75, 3.05) is 33.3 Å². The lowest BCUT2D eigenvalue weighted by atomic mass is 9.83. The van der Waals surface area contributed by atoms with Crippen molar-refractivity contribution < 1.29 is 14.3 Å². The molecule has 5 nitrogen and oxygen atoms in total. The number of nitrogens with zero attached hydrogens (tertiary/aromatic N) is 2. The van der Waals surface area contributed by atoms with Gasteiger partial charge in [0.2, 0.25) is 5.91 Å². The zero-order valence-corrected chi connectivity index (χ0v) is 14.0. The van der Waals surface area contributed by atoms with Crippen LogP contribution in [0.3, 0.4) is 0 Å². The second-order valence-corrected chi connectivity index (χ2v) is 6.63. The van der Waals surface area contributed by atoms with Crippen molar-refractivity contribution in [1.29, 1.82) is 0 Å². The van der Waals surface area contributed by atoms with Crippen molar-refractivity contribution in [1.82, 2.24) is 9.80 Å². The molecule has 1 saturated heterocycles. The van der Waals surface area contributed by atoms with Crippen molar-refractivity contribution >= 4 is 5.91 Å². The molecule has 1 fully saturated rings. The molecule has 0 bridgehead atoms. The lowest BCUT2D eigenvalue weighted by molar-refractivity contribution is -0.131. The van der Waals surface area contributed by atoms with Crippen LogP contribution in [0, 0.1) is 12.3 Å². The smallest absolute Gasteiger partial charge is 0.236 e.